The van der Waals surface area contributed by atoms with Gasteiger partial charge in [0.05, 0.1) is 6.42 Å². The van der Waals surface area contributed by atoms with Gasteiger partial charge in [-0.1, -0.05) is 12.8 Å². The molecule has 19 heavy (non-hydrogen) atoms. The number of carbonyl (C=O) groups excluding carboxylic acids is 1. The van der Waals surface area contributed by atoms with E-state index >= 15 is 0 Å². The monoisotopic (exact) mass is 288 g/mol. The molecular formula is C13H24N2O3S. The van der Waals surface area contributed by atoms with Crippen LogP contribution in [0.4, 0.5) is 4.79 Å². The molecule has 0 heterocycles. The van der Waals surface area contributed by atoms with Gasteiger partial charge in [0.1, 0.15) is 0 Å². The first kappa shape index (κ1) is 16.1. The molecule has 2 N–H and O–H groups in total. The molecule has 2 unspecified atom stereocenters. The third-order valence-corrected chi connectivity index (χ3v) is 4.75. The Morgan fingerprint density at radius 3 is 2.63 bits per heavy atom. The molecule has 0 aliphatic heterocycles. The van der Waals surface area contributed by atoms with Crippen LogP contribution in [0.3, 0.4) is 0 Å². The van der Waals surface area contributed by atoms with Crippen LogP contribution in [0.5, 0.6) is 0 Å². The average Bonchev–Trinajstić information content (AvgIpc) is 2.39. The fraction of sp³-hybridized carbons (Fsp3) is 0.846. The van der Waals surface area contributed by atoms with Gasteiger partial charge < -0.3 is 15.3 Å². The molecule has 0 radical (unpaired) electrons. The molecule has 1 rings (SSSR count). The lowest BCUT2D eigenvalue weighted by Crippen LogP contribution is -2.49. The highest BCUT2D eigenvalue weighted by molar-refractivity contribution is 7.99. The number of aliphatic carboxylic acids is 1. The molecule has 0 bridgehead atoms. The van der Waals surface area contributed by atoms with E-state index < -0.39 is 5.97 Å². The number of carboxylic acid groups (broad SMARTS) is 1. The molecule has 1 aliphatic rings. The summed E-state index contributed by atoms with van der Waals surface area (Å²) in [5, 5.41) is 12.2. The van der Waals surface area contributed by atoms with Crippen molar-refractivity contribution in [3.05, 3.63) is 0 Å². The minimum Gasteiger partial charge on any atom is -0.481 e. The number of nitrogens with zero attached hydrogens (tertiary/aromatic N) is 1. The Labute approximate surface area is 119 Å². The number of hydrogen-bond donors (Lipinski definition) is 2. The standard InChI is InChI=1S/C13H24N2O3S/c1-3-15(9-8-12(16)17)13(18)14-10-6-4-5-7-11(10)19-2/h10-11H,3-9H2,1-2H3,(H,14,18)(H,16,17). The lowest BCUT2D eigenvalue weighted by atomic mass is 9.95. The zero-order valence-electron chi connectivity index (χ0n) is 11.7. The predicted octanol–water partition coefficient (Wildman–Crippen LogP) is 2.17. The van der Waals surface area contributed by atoms with Crippen LogP contribution in [-0.4, -0.2) is 52.6 Å². The number of nitrogens with one attached hydrogen (secondary N) is 1. The van der Waals surface area contributed by atoms with Crippen LogP contribution >= 0.6 is 11.8 Å². The van der Waals surface area contributed by atoms with Crippen molar-refractivity contribution in [1.29, 1.82) is 0 Å². The Morgan fingerprint density at radius 1 is 1.37 bits per heavy atom. The lowest BCUT2D eigenvalue weighted by Gasteiger charge is -2.33. The smallest absolute Gasteiger partial charge is 0.317 e. The van der Waals surface area contributed by atoms with E-state index in [1.54, 1.807) is 16.7 Å². The molecule has 1 aliphatic carbocycles. The minimum absolute atomic E-state index is 0.00210. The van der Waals surface area contributed by atoms with Crippen molar-refractivity contribution >= 4 is 23.8 Å². The summed E-state index contributed by atoms with van der Waals surface area (Å²) in [4.78, 5) is 24.3. The molecule has 110 valence electrons. The molecule has 0 aromatic carbocycles. The van der Waals surface area contributed by atoms with Crippen LogP contribution in [0.25, 0.3) is 0 Å². The van der Waals surface area contributed by atoms with Crippen molar-refractivity contribution in [2.45, 2.75) is 50.3 Å². The maximum absolute atomic E-state index is 12.1. The highest BCUT2D eigenvalue weighted by Crippen LogP contribution is 2.27. The van der Waals surface area contributed by atoms with Gasteiger partial charge in [0.2, 0.25) is 0 Å². The summed E-state index contributed by atoms with van der Waals surface area (Å²) < 4.78 is 0. The summed E-state index contributed by atoms with van der Waals surface area (Å²) in [6, 6.07) is 0.0878. The molecule has 0 aromatic heterocycles. The lowest BCUT2D eigenvalue weighted by molar-refractivity contribution is -0.137. The van der Waals surface area contributed by atoms with Crippen molar-refractivity contribution in [2.24, 2.45) is 0 Å². The topological polar surface area (TPSA) is 69.6 Å². The van der Waals surface area contributed by atoms with Crippen LogP contribution in [0.15, 0.2) is 0 Å². The van der Waals surface area contributed by atoms with Gasteiger partial charge in [0.15, 0.2) is 0 Å². The number of carbonyl (C=O) groups is 2. The maximum atomic E-state index is 12.1. The number of thioether (sulfide) groups is 1. The molecule has 2 atom stereocenters. The van der Waals surface area contributed by atoms with Crippen molar-refractivity contribution in [2.75, 3.05) is 19.3 Å². The van der Waals surface area contributed by atoms with E-state index in [9.17, 15) is 9.59 Å². The van der Waals surface area contributed by atoms with Gasteiger partial charge >= 0.3 is 12.0 Å². The van der Waals surface area contributed by atoms with Crippen molar-refractivity contribution in [3.63, 3.8) is 0 Å². The highest BCUT2D eigenvalue weighted by Gasteiger charge is 2.27. The molecule has 0 spiro atoms. The zero-order valence-corrected chi connectivity index (χ0v) is 12.5. The maximum Gasteiger partial charge on any atom is 0.317 e. The predicted molar refractivity (Wildman–Crippen MR) is 77.6 cm³/mol. The molecule has 2 amide bonds. The summed E-state index contributed by atoms with van der Waals surface area (Å²) in [6.45, 7) is 2.68. The summed E-state index contributed by atoms with van der Waals surface area (Å²) in [5.74, 6) is -0.870. The van der Waals surface area contributed by atoms with Gasteiger partial charge in [0, 0.05) is 24.4 Å². The summed E-state index contributed by atoms with van der Waals surface area (Å²) in [7, 11) is 0. The number of carboxylic acids is 1. The Morgan fingerprint density at radius 2 is 2.05 bits per heavy atom. The largest absolute Gasteiger partial charge is 0.481 e. The number of rotatable bonds is 6. The first-order valence-electron chi connectivity index (χ1n) is 6.88. The Kier molecular flexibility index (Phi) is 7.05. The summed E-state index contributed by atoms with van der Waals surface area (Å²) in [5.41, 5.74) is 0. The van der Waals surface area contributed by atoms with Gasteiger partial charge in [0.25, 0.3) is 0 Å². The van der Waals surface area contributed by atoms with Gasteiger partial charge in [-0.25, -0.2) is 4.79 Å². The SMILES string of the molecule is CCN(CCC(=O)O)C(=O)NC1CCCCC1SC. The molecule has 5 nitrogen and oxygen atoms in total. The van der Waals surface area contributed by atoms with Gasteiger partial charge in [-0.2, -0.15) is 11.8 Å². The van der Waals surface area contributed by atoms with Crippen LogP contribution in [-0.2, 0) is 4.79 Å². The first-order valence-corrected chi connectivity index (χ1v) is 8.17. The van der Waals surface area contributed by atoms with Crippen molar-refractivity contribution < 1.29 is 14.7 Å². The van der Waals surface area contributed by atoms with Crippen molar-refractivity contribution in [3.8, 4) is 0 Å². The molecule has 6 heteroatoms. The molecular weight excluding hydrogens is 264 g/mol. The van der Waals surface area contributed by atoms with Crippen LogP contribution in [0.2, 0.25) is 0 Å². The summed E-state index contributed by atoms with van der Waals surface area (Å²) in [6.07, 6.45) is 6.63. The van der Waals surface area contributed by atoms with Gasteiger partial charge in [-0.15, -0.1) is 0 Å². The van der Waals surface area contributed by atoms with Crippen LogP contribution in [0.1, 0.15) is 39.0 Å². The second kappa shape index (κ2) is 8.30. The molecule has 0 saturated heterocycles. The second-order valence-electron chi connectivity index (χ2n) is 4.84. The number of urea groups is 1. The third-order valence-electron chi connectivity index (χ3n) is 3.58. The number of amides is 2. The minimum atomic E-state index is -0.870. The van der Waals surface area contributed by atoms with E-state index in [1.807, 2.05) is 6.92 Å². The van der Waals surface area contributed by atoms with E-state index in [2.05, 4.69) is 11.6 Å². The van der Waals surface area contributed by atoms with Crippen molar-refractivity contribution in [1.82, 2.24) is 10.2 Å². The second-order valence-corrected chi connectivity index (χ2v) is 5.91. The fourth-order valence-corrected chi connectivity index (χ4v) is 3.36. The molecule has 0 aromatic rings. The van der Waals surface area contributed by atoms with E-state index in [-0.39, 0.29) is 25.0 Å². The normalized spacial score (nSPS) is 22.8. The van der Waals surface area contributed by atoms with E-state index in [0.717, 1.165) is 19.3 Å². The van der Waals surface area contributed by atoms with Gasteiger partial charge in [-0.05, 0) is 26.0 Å². The highest BCUT2D eigenvalue weighted by atomic mass is 32.2. The van der Waals surface area contributed by atoms with Gasteiger partial charge in [-0.3, -0.25) is 4.79 Å². The van der Waals surface area contributed by atoms with Crippen LogP contribution in [0, 0.1) is 0 Å². The first-order chi connectivity index (χ1) is 9.08. The van der Waals surface area contributed by atoms with E-state index in [1.165, 1.54) is 6.42 Å². The van der Waals surface area contributed by atoms with E-state index in [0.29, 0.717) is 11.8 Å². The Balaban J connectivity index is 2.48. The third kappa shape index (κ3) is 5.30. The van der Waals surface area contributed by atoms with E-state index in [4.69, 9.17) is 5.11 Å². The Hall–Kier alpha value is -0.910. The number of hydrogen-bond acceptors (Lipinski definition) is 3. The average molecular weight is 288 g/mol. The molecule has 1 saturated carbocycles. The fourth-order valence-electron chi connectivity index (χ4n) is 2.43. The quantitative estimate of drug-likeness (QED) is 0.786. The van der Waals surface area contributed by atoms with Crippen LogP contribution < -0.4 is 5.32 Å². The Bertz CT molecular complexity index is 312. The zero-order chi connectivity index (χ0) is 14.3. The summed E-state index contributed by atoms with van der Waals surface area (Å²) >= 11 is 1.81. The molecule has 1 fully saturated rings.